The largest absolute Gasteiger partial charge is 0.396 e. The van der Waals surface area contributed by atoms with Crippen LogP contribution in [0.2, 0.25) is 0 Å². The molecule has 1 aromatic heterocycles. The van der Waals surface area contributed by atoms with E-state index in [0.29, 0.717) is 6.54 Å². The highest BCUT2D eigenvalue weighted by atomic mass is 32.2. The van der Waals surface area contributed by atoms with E-state index in [2.05, 4.69) is 9.71 Å². The van der Waals surface area contributed by atoms with Gasteiger partial charge in [0.1, 0.15) is 0 Å². The van der Waals surface area contributed by atoms with Crippen molar-refractivity contribution >= 4 is 27.5 Å². The Bertz CT molecular complexity index is 449. The molecule has 1 rings (SSSR count). The molecular formula is C10H17N3O2S2. The first-order valence-corrected chi connectivity index (χ1v) is 8.14. The number of unbranched alkanes of at least 4 members (excludes halogenated alkanes) is 1. The molecule has 17 heavy (non-hydrogen) atoms. The molecule has 0 spiro atoms. The molecule has 0 saturated heterocycles. The monoisotopic (exact) mass is 275 g/mol. The molecule has 0 fully saturated rings. The highest BCUT2D eigenvalue weighted by molar-refractivity contribution is 7.98. The molecule has 0 aliphatic heterocycles. The second kappa shape index (κ2) is 6.83. The lowest BCUT2D eigenvalue weighted by atomic mass is 10.3. The number of hydrogen-bond acceptors (Lipinski definition) is 5. The van der Waals surface area contributed by atoms with Gasteiger partial charge in [0.2, 0.25) is 0 Å². The van der Waals surface area contributed by atoms with Crippen molar-refractivity contribution in [3.05, 3.63) is 18.3 Å². The van der Waals surface area contributed by atoms with E-state index in [4.69, 9.17) is 5.73 Å². The summed E-state index contributed by atoms with van der Waals surface area (Å²) in [5.41, 5.74) is 5.74. The van der Waals surface area contributed by atoms with Gasteiger partial charge in [0.15, 0.2) is 5.03 Å². The number of thioether (sulfide) groups is 1. The molecule has 0 bridgehead atoms. The number of sulfonamides is 1. The molecule has 1 heterocycles. The number of rotatable bonds is 7. The van der Waals surface area contributed by atoms with Crippen LogP contribution in [0.1, 0.15) is 12.8 Å². The first-order chi connectivity index (χ1) is 8.08. The normalized spacial score (nSPS) is 11.6. The van der Waals surface area contributed by atoms with Crippen molar-refractivity contribution in [1.29, 1.82) is 0 Å². The number of nitrogens with zero attached hydrogens (tertiary/aromatic N) is 1. The van der Waals surface area contributed by atoms with Gasteiger partial charge in [-0.3, -0.25) is 0 Å². The van der Waals surface area contributed by atoms with Crippen LogP contribution in [-0.4, -0.2) is 32.0 Å². The van der Waals surface area contributed by atoms with Crippen LogP contribution < -0.4 is 10.5 Å². The summed E-state index contributed by atoms with van der Waals surface area (Å²) in [6.07, 6.45) is 5.24. The average molecular weight is 275 g/mol. The predicted octanol–water partition coefficient (Wildman–Crippen LogP) is 1.09. The zero-order valence-electron chi connectivity index (χ0n) is 9.72. The molecule has 0 aliphatic carbocycles. The molecule has 0 amide bonds. The summed E-state index contributed by atoms with van der Waals surface area (Å²) in [6, 6.07) is 3.13. The number of anilines is 1. The number of nitrogens with one attached hydrogen (secondary N) is 1. The van der Waals surface area contributed by atoms with E-state index < -0.39 is 10.0 Å². The van der Waals surface area contributed by atoms with Crippen molar-refractivity contribution < 1.29 is 8.42 Å². The van der Waals surface area contributed by atoms with E-state index >= 15 is 0 Å². The minimum Gasteiger partial charge on any atom is -0.396 e. The van der Waals surface area contributed by atoms with Crippen LogP contribution in [-0.2, 0) is 10.0 Å². The SMILES string of the molecule is CSCCCCNS(=O)(=O)c1ncccc1N. The maximum atomic E-state index is 11.8. The highest BCUT2D eigenvalue weighted by Crippen LogP contribution is 2.13. The van der Waals surface area contributed by atoms with Gasteiger partial charge in [-0.25, -0.2) is 18.1 Å². The lowest BCUT2D eigenvalue weighted by Crippen LogP contribution is -2.26. The minimum atomic E-state index is -3.57. The third-order valence-electron chi connectivity index (χ3n) is 2.12. The van der Waals surface area contributed by atoms with Gasteiger partial charge in [0.25, 0.3) is 10.0 Å². The molecule has 1 aromatic rings. The highest BCUT2D eigenvalue weighted by Gasteiger charge is 2.17. The van der Waals surface area contributed by atoms with Crippen molar-refractivity contribution in [2.75, 3.05) is 24.3 Å². The van der Waals surface area contributed by atoms with Gasteiger partial charge in [0.05, 0.1) is 5.69 Å². The summed E-state index contributed by atoms with van der Waals surface area (Å²) in [5, 5.41) is -0.0927. The molecule has 0 radical (unpaired) electrons. The smallest absolute Gasteiger partial charge is 0.260 e. The van der Waals surface area contributed by atoms with Crippen molar-refractivity contribution in [3.8, 4) is 0 Å². The molecule has 0 unspecified atom stereocenters. The van der Waals surface area contributed by atoms with Gasteiger partial charge in [0, 0.05) is 12.7 Å². The van der Waals surface area contributed by atoms with E-state index in [9.17, 15) is 8.42 Å². The third-order valence-corrected chi connectivity index (χ3v) is 4.25. The Balaban J connectivity index is 2.55. The lowest BCUT2D eigenvalue weighted by molar-refractivity contribution is 0.575. The molecule has 0 saturated carbocycles. The van der Waals surface area contributed by atoms with Gasteiger partial charge >= 0.3 is 0 Å². The summed E-state index contributed by atoms with van der Waals surface area (Å²) < 4.78 is 26.1. The van der Waals surface area contributed by atoms with Crippen LogP contribution in [0, 0.1) is 0 Å². The van der Waals surface area contributed by atoms with Crippen molar-refractivity contribution in [1.82, 2.24) is 9.71 Å². The van der Waals surface area contributed by atoms with Crippen molar-refractivity contribution in [3.63, 3.8) is 0 Å². The summed E-state index contributed by atoms with van der Waals surface area (Å²) in [7, 11) is -3.57. The van der Waals surface area contributed by atoms with Crippen LogP contribution in [0.15, 0.2) is 23.4 Å². The van der Waals surface area contributed by atoms with Gasteiger partial charge in [-0.05, 0) is 37.0 Å². The summed E-state index contributed by atoms with van der Waals surface area (Å²) in [5.74, 6) is 1.04. The van der Waals surface area contributed by atoms with Gasteiger partial charge in [-0.1, -0.05) is 0 Å². The average Bonchev–Trinajstić information content (AvgIpc) is 2.29. The molecule has 3 N–H and O–H groups in total. The summed E-state index contributed by atoms with van der Waals surface area (Å²) >= 11 is 1.75. The van der Waals surface area contributed by atoms with Gasteiger partial charge in [-0.15, -0.1) is 0 Å². The molecule has 7 heteroatoms. The number of hydrogen-bond donors (Lipinski definition) is 2. The van der Waals surface area contributed by atoms with Crippen LogP contribution in [0.4, 0.5) is 5.69 Å². The van der Waals surface area contributed by atoms with Gasteiger partial charge < -0.3 is 5.73 Å². The Morgan fingerprint density at radius 1 is 1.47 bits per heavy atom. The second-order valence-electron chi connectivity index (χ2n) is 3.50. The van der Waals surface area contributed by atoms with E-state index in [1.807, 2.05) is 6.26 Å². The standard InChI is InChI=1S/C10H17N3O2S2/c1-16-8-3-2-7-13-17(14,15)10-9(11)5-4-6-12-10/h4-6,13H,2-3,7-8,11H2,1H3. The fraction of sp³-hybridized carbons (Fsp3) is 0.500. The zero-order valence-corrected chi connectivity index (χ0v) is 11.4. The van der Waals surface area contributed by atoms with Crippen molar-refractivity contribution in [2.24, 2.45) is 0 Å². The predicted molar refractivity (Wildman–Crippen MR) is 71.5 cm³/mol. The fourth-order valence-electron chi connectivity index (χ4n) is 1.27. The topological polar surface area (TPSA) is 85.1 Å². The zero-order chi connectivity index (χ0) is 12.7. The maximum absolute atomic E-state index is 11.8. The Morgan fingerprint density at radius 3 is 2.88 bits per heavy atom. The third kappa shape index (κ3) is 4.53. The van der Waals surface area contributed by atoms with Crippen LogP contribution in [0.5, 0.6) is 0 Å². The molecular weight excluding hydrogens is 258 g/mol. The van der Waals surface area contributed by atoms with E-state index in [0.717, 1.165) is 18.6 Å². The molecule has 0 atom stereocenters. The fourth-order valence-corrected chi connectivity index (χ4v) is 2.89. The van der Waals surface area contributed by atoms with Crippen LogP contribution in [0.3, 0.4) is 0 Å². The van der Waals surface area contributed by atoms with Crippen LogP contribution >= 0.6 is 11.8 Å². The molecule has 96 valence electrons. The maximum Gasteiger partial charge on any atom is 0.260 e. The molecule has 0 aromatic carbocycles. The Labute approximate surface area is 106 Å². The molecule has 5 nitrogen and oxygen atoms in total. The Kier molecular flexibility index (Phi) is 5.73. The quantitative estimate of drug-likeness (QED) is 0.727. The molecule has 0 aliphatic rings. The summed E-state index contributed by atoms with van der Waals surface area (Å²) in [4.78, 5) is 3.79. The van der Waals surface area contributed by atoms with E-state index in [-0.39, 0.29) is 10.7 Å². The summed E-state index contributed by atoms with van der Waals surface area (Å²) in [6.45, 7) is 0.416. The number of pyridine rings is 1. The Hall–Kier alpha value is -0.790. The van der Waals surface area contributed by atoms with Gasteiger partial charge in [-0.2, -0.15) is 11.8 Å². The number of aromatic nitrogens is 1. The number of nitrogen functional groups attached to an aromatic ring is 1. The van der Waals surface area contributed by atoms with Crippen molar-refractivity contribution in [2.45, 2.75) is 17.9 Å². The lowest BCUT2D eigenvalue weighted by Gasteiger charge is -2.07. The Morgan fingerprint density at radius 2 is 2.24 bits per heavy atom. The second-order valence-corrected chi connectivity index (χ2v) is 6.16. The van der Waals surface area contributed by atoms with E-state index in [1.54, 1.807) is 17.8 Å². The van der Waals surface area contributed by atoms with E-state index in [1.165, 1.54) is 12.3 Å². The first kappa shape index (κ1) is 14.3. The number of nitrogens with two attached hydrogens (primary N) is 1. The van der Waals surface area contributed by atoms with Crippen LogP contribution in [0.25, 0.3) is 0 Å². The first-order valence-electron chi connectivity index (χ1n) is 5.27. The minimum absolute atomic E-state index is 0.0927.